The minimum absolute atomic E-state index is 0.0943. The highest BCUT2D eigenvalue weighted by Gasteiger charge is 2.34. The largest absolute Gasteiger partial charge is 0.495 e. The van der Waals surface area contributed by atoms with E-state index >= 15 is 0 Å². The standard InChI is InChI=1S/C12H13BrN2O3/c1-18-10-5-8(2-3-9(10)13)15-6-7(12(14)17)4-11(15)16/h2-3,5,7H,4,6H2,1H3,(H2,14,17). The van der Waals surface area contributed by atoms with Gasteiger partial charge in [0.25, 0.3) is 0 Å². The number of rotatable bonds is 3. The number of hydrogen-bond acceptors (Lipinski definition) is 3. The predicted molar refractivity (Wildman–Crippen MR) is 70.3 cm³/mol. The minimum Gasteiger partial charge on any atom is -0.495 e. The summed E-state index contributed by atoms with van der Waals surface area (Å²) in [5.41, 5.74) is 5.94. The van der Waals surface area contributed by atoms with Crippen molar-refractivity contribution in [3.8, 4) is 5.75 Å². The van der Waals surface area contributed by atoms with Crippen molar-refractivity contribution in [2.24, 2.45) is 11.7 Å². The van der Waals surface area contributed by atoms with Crippen molar-refractivity contribution in [1.82, 2.24) is 0 Å². The van der Waals surface area contributed by atoms with Crippen LogP contribution in [0.1, 0.15) is 6.42 Å². The number of halogens is 1. The first-order valence-electron chi connectivity index (χ1n) is 5.46. The summed E-state index contributed by atoms with van der Waals surface area (Å²) in [5, 5.41) is 0. The number of methoxy groups -OCH3 is 1. The summed E-state index contributed by atoms with van der Waals surface area (Å²) in [7, 11) is 1.56. The fourth-order valence-corrected chi connectivity index (χ4v) is 2.37. The van der Waals surface area contributed by atoms with E-state index in [1.165, 1.54) is 0 Å². The fraction of sp³-hybridized carbons (Fsp3) is 0.333. The Kier molecular flexibility index (Phi) is 3.56. The normalized spacial score (nSPS) is 19.1. The lowest BCUT2D eigenvalue weighted by Crippen LogP contribution is -2.28. The lowest BCUT2D eigenvalue weighted by molar-refractivity contribution is -0.123. The number of anilines is 1. The zero-order valence-corrected chi connectivity index (χ0v) is 11.4. The maximum absolute atomic E-state index is 11.8. The van der Waals surface area contributed by atoms with E-state index in [-0.39, 0.29) is 12.3 Å². The molecule has 0 bridgehead atoms. The van der Waals surface area contributed by atoms with Gasteiger partial charge in [0, 0.05) is 24.7 Å². The highest BCUT2D eigenvalue weighted by Crippen LogP contribution is 2.32. The number of nitrogens with zero attached hydrogens (tertiary/aromatic N) is 1. The first kappa shape index (κ1) is 12.9. The smallest absolute Gasteiger partial charge is 0.227 e. The average molecular weight is 313 g/mol. The minimum atomic E-state index is -0.435. The van der Waals surface area contributed by atoms with Gasteiger partial charge in [-0.2, -0.15) is 0 Å². The lowest BCUT2D eigenvalue weighted by atomic mass is 10.1. The van der Waals surface area contributed by atoms with Gasteiger partial charge in [0.05, 0.1) is 17.5 Å². The molecule has 1 unspecified atom stereocenters. The van der Waals surface area contributed by atoms with Gasteiger partial charge in [-0.05, 0) is 28.1 Å². The van der Waals surface area contributed by atoms with Crippen LogP contribution in [0.25, 0.3) is 0 Å². The molecule has 2 N–H and O–H groups in total. The predicted octanol–water partition coefficient (Wildman–Crippen LogP) is 1.30. The Morgan fingerprint density at radius 1 is 1.56 bits per heavy atom. The molecule has 5 nitrogen and oxygen atoms in total. The van der Waals surface area contributed by atoms with Gasteiger partial charge in [0.2, 0.25) is 11.8 Å². The molecule has 1 aliphatic rings. The Hall–Kier alpha value is -1.56. The maximum atomic E-state index is 11.8. The number of hydrogen-bond donors (Lipinski definition) is 1. The molecule has 1 heterocycles. The maximum Gasteiger partial charge on any atom is 0.227 e. The Labute approximate surface area is 113 Å². The molecular formula is C12H13BrN2O3. The number of amides is 2. The highest BCUT2D eigenvalue weighted by molar-refractivity contribution is 9.10. The van der Waals surface area contributed by atoms with E-state index in [1.54, 1.807) is 30.2 Å². The quantitative estimate of drug-likeness (QED) is 0.914. The topological polar surface area (TPSA) is 72.6 Å². The monoisotopic (exact) mass is 312 g/mol. The van der Waals surface area contributed by atoms with E-state index in [4.69, 9.17) is 10.5 Å². The number of carbonyl (C=O) groups is 2. The number of primary amides is 1. The van der Waals surface area contributed by atoms with Gasteiger partial charge in [-0.3, -0.25) is 9.59 Å². The van der Waals surface area contributed by atoms with Crippen molar-refractivity contribution < 1.29 is 14.3 Å². The van der Waals surface area contributed by atoms with Crippen LogP contribution in [0.5, 0.6) is 5.75 Å². The number of benzene rings is 1. The molecule has 6 heteroatoms. The first-order valence-corrected chi connectivity index (χ1v) is 6.25. The molecule has 0 aliphatic carbocycles. The molecule has 18 heavy (non-hydrogen) atoms. The fourth-order valence-electron chi connectivity index (χ4n) is 1.96. The number of nitrogens with two attached hydrogens (primary N) is 1. The number of ether oxygens (including phenoxy) is 1. The van der Waals surface area contributed by atoms with Crippen molar-refractivity contribution >= 4 is 33.4 Å². The van der Waals surface area contributed by atoms with E-state index < -0.39 is 11.8 Å². The van der Waals surface area contributed by atoms with Crippen LogP contribution in [-0.4, -0.2) is 25.5 Å². The van der Waals surface area contributed by atoms with Crippen molar-refractivity contribution in [3.05, 3.63) is 22.7 Å². The molecule has 0 radical (unpaired) electrons. The Balaban J connectivity index is 2.27. The summed E-state index contributed by atoms with van der Waals surface area (Å²) in [4.78, 5) is 24.5. The van der Waals surface area contributed by atoms with Gasteiger partial charge in [-0.25, -0.2) is 0 Å². The number of carbonyl (C=O) groups excluding carboxylic acids is 2. The molecule has 2 rings (SSSR count). The lowest BCUT2D eigenvalue weighted by Gasteiger charge is -2.17. The second kappa shape index (κ2) is 4.97. The summed E-state index contributed by atoms with van der Waals surface area (Å²) < 4.78 is 5.99. The van der Waals surface area contributed by atoms with Gasteiger partial charge >= 0.3 is 0 Å². The van der Waals surface area contributed by atoms with Crippen LogP contribution in [-0.2, 0) is 9.59 Å². The third-order valence-electron chi connectivity index (χ3n) is 2.97. The molecular weight excluding hydrogens is 300 g/mol. The molecule has 0 saturated carbocycles. The Morgan fingerprint density at radius 3 is 2.83 bits per heavy atom. The van der Waals surface area contributed by atoms with Crippen LogP contribution in [0, 0.1) is 5.92 Å². The van der Waals surface area contributed by atoms with E-state index in [2.05, 4.69) is 15.9 Å². The molecule has 1 aliphatic heterocycles. The van der Waals surface area contributed by atoms with Crippen molar-refractivity contribution in [3.63, 3.8) is 0 Å². The molecule has 2 amide bonds. The summed E-state index contributed by atoms with van der Waals surface area (Å²) in [5.74, 6) is -0.298. The molecule has 1 aromatic carbocycles. The van der Waals surface area contributed by atoms with Crippen LogP contribution in [0.3, 0.4) is 0 Å². The summed E-state index contributed by atoms with van der Waals surface area (Å²) in [6, 6.07) is 5.36. The van der Waals surface area contributed by atoms with E-state index in [1.807, 2.05) is 0 Å². The molecule has 0 spiro atoms. The Bertz CT molecular complexity index is 504. The van der Waals surface area contributed by atoms with E-state index in [0.29, 0.717) is 18.0 Å². The van der Waals surface area contributed by atoms with Crippen molar-refractivity contribution in [2.75, 3.05) is 18.6 Å². The van der Waals surface area contributed by atoms with Crippen LogP contribution >= 0.6 is 15.9 Å². The van der Waals surface area contributed by atoms with E-state index in [9.17, 15) is 9.59 Å². The van der Waals surface area contributed by atoms with Crippen molar-refractivity contribution in [1.29, 1.82) is 0 Å². The summed E-state index contributed by atoms with van der Waals surface area (Å²) in [6.07, 6.45) is 0.174. The van der Waals surface area contributed by atoms with Crippen LogP contribution in [0.15, 0.2) is 22.7 Å². The van der Waals surface area contributed by atoms with Gasteiger partial charge in [-0.15, -0.1) is 0 Å². The van der Waals surface area contributed by atoms with Gasteiger partial charge < -0.3 is 15.4 Å². The van der Waals surface area contributed by atoms with Crippen LogP contribution in [0.2, 0.25) is 0 Å². The second-order valence-corrected chi connectivity index (χ2v) is 4.98. The molecule has 96 valence electrons. The second-order valence-electron chi connectivity index (χ2n) is 4.13. The van der Waals surface area contributed by atoms with Gasteiger partial charge in [0.15, 0.2) is 0 Å². The van der Waals surface area contributed by atoms with E-state index in [0.717, 1.165) is 4.47 Å². The Morgan fingerprint density at radius 2 is 2.28 bits per heavy atom. The summed E-state index contributed by atoms with van der Waals surface area (Å²) in [6.45, 7) is 0.332. The third-order valence-corrected chi connectivity index (χ3v) is 3.63. The van der Waals surface area contributed by atoms with Gasteiger partial charge in [-0.1, -0.05) is 0 Å². The molecule has 1 saturated heterocycles. The highest BCUT2D eigenvalue weighted by atomic mass is 79.9. The van der Waals surface area contributed by atoms with Crippen molar-refractivity contribution in [2.45, 2.75) is 6.42 Å². The molecule has 1 fully saturated rings. The third kappa shape index (κ3) is 2.33. The SMILES string of the molecule is COc1cc(N2CC(C(N)=O)CC2=O)ccc1Br. The molecule has 1 aromatic rings. The first-order chi connectivity index (χ1) is 8.52. The van der Waals surface area contributed by atoms with Gasteiger partial charge in [0.1, 0.15) is 5.75 Å². The van der Waals surface area contributed by atoms with Crippen LogP contribution < -0.4 is 15.4 Å². The molecule has 0 aromatic heterocycles. The zero-order valence-electron chi connectivity index (χ0n) is 9.85. The average Bonchev–Trinajstić information content (AvgIpc) is 2.72. The van der Waals surface area contributed by atoms with Crippen LogP contribution in [0.4, 0.5) is 5.69 Å². The summed E-state index contributed by atoms with van der Waals surface area (Å²) >= 11 is 3.35. The zero-order chi connectivity index (χ0) is 13.3. The molecule has 1 atom stereocenters.